The topological polar surface area (TPSA) is 0 Å². The molecule has 0 N–H and O–H groups in total. The Morgan fingerprint density at radius 2 is 0.417 bits per heavy atom. The van der Waals surface area contributed by atoms with Crippen molar-refractivity contribution in [3.63, 3.8) is 0 Å². The third kappa shape index (κ3) is 11.5. The molecule has 0 amide bonds. The largest absolute Gasteiger partial charge is 0.0696 e. The summed E-state index contributed by atoms with van der Waals surface area (Å²) in [5, 5.41) is 10.1. The highest BCUT2D eigenvalue weighted by atomic mass is 14.3. The number of benzene rings is 10. The van der Waals surface area contributed by atoms with Gasteiger partial charge in [0.05, 0.1) is 0 Å². The van der Waals surface area contributed by atoms with Gasteiger partial charge in [0.1, 0.15) is 0 Å². The van der Waals surface area contributed by atoms with Crippen LogP contribution in [0, 0.1) is 0 Å². The molecule has 0 bridgehead atoms. The van der Waals surface area contributed by atoms with Crippen LogP contribution in [-0.4, -0.2) is 0 Å². The summed E-state index contributed by atoms with van der Waals surface area (Å²) < 4.78 is 0. The summed E-state index contributed by atoms with van der Waals surface area (Å²) in [6, 6.07) is 74.7. The molecular formula is C84H78. The fourth-order valence-electron chi connectivity index (χ4n) is 14.7. The number of rotatable bonds is 11. The van der Waals surface area contributed by atoms with Gasteiger partial charge in [-0.2, -0.15) is 0 Å². The van der Waals surface area contributed by atoms with E-state index in [1.807, 2.05) is 0 Å². The lowest BCUT2D eigenvalue weighted by atomic mass is 9.81. The second kappa shape index (κ2) is 24.9. The molecule has 0 aliphatic heterocycles. The Labute approximate surface area is 499 Å². The Morgan fingerprint density at radius 3 is 0.631 bits per heavy atom. The zero-order valence-corrected chi connectivity index (χ0v) is 49.1. The average Bonchev–Trinajstić information content (AvgIpc) is 3.48. The predicted octanol–water partition coefficient (Wildman–Crippen LogP) is 24.5. The van der Waals surface area contributed by atoms with E-state index in [2.05, 4.69) is 231 Å². The van der Waals surface area contributed by atoms with E-state index >= 15 is 0 Å². The highest BCUT2D eigenvalue weighted by molar-refractivity contribution is 6.28. The minimum Gasteiger partial charge on any atom is -0.0696 e. The lowest BCUT2D eigenvalue weighted by molar-refractivity contribution is 0.602. The highest BCUT2D eigenvalue weighted by Crippen LogP contribution is 2.48. The first-order valence-electron chi connectivity index (χ1n) is 32.1. The number of hydrogen-bond donors (Lipinski definition) is 0. The van der Waals surface area contributed by atoms with Gasteiger partial charge in [-0.1, -0.05) is 266 Å². The molecule has 0 nitrogen and oxygen atoms in total. The van der Waals surface area contributed by atoms with E-state index in [0.717, 1.165) is 0 Å². The van der Waals surface area contributed by atoms with Crippen molar-refractivity contribution >= 4 is 90.7 Å². The van der Waals surface area contributed by atoms with Gasteiger partial charge in [0, 0.05) is 0 Å². The summed E-state index contributed by atoms with van der Waals surface area (Å²) in [6.07, 6.45) is 40.5. The van der Waals surface area contributed by atoms with Gasteiger partial charge in [0.15, 0.2) is 0 Å². The van der Waals surface area contributed by atoms with Gasteiger partial charge in [-0.15, -0.1) is 0 Å². The average molecular weight is 1090 g/mol. The van der Waals surface area contributed by atoms with Gasteiger partial charge in [-0.25, -0.2) is 0 Å². The van der Waals surface area contributed by atoms with Gasteiger partial charge in [-0.3, -0.25) is 0 Å². The monoisotopic (exact) mass is 1090 g/mol. The van der Waals surface area contributed by atoms with Gasteiger partial charge in [0.25, 0.3) is 0 Å². The van der Waals surface area contributed by atoms with Gasteiger partial charge >= 0.3 is 0 Å². The van der Waals surface area contributed by atoms with Crippen molar-refractivity contribution in [1.82, 2.24) is 0 Å². The molecule has 10 aromatic carbocycles. The molecule has 0 saturated heterocycles. The van der Waals surface area contributed by atoms with Crippen LogP contribution in [0.5, 0.6) is 0 Å². The maximum atomic E-state index is 2.52. The van der Waals surface area contributed by atoms with Crippen LogP contribution in [0.1, 0.15) is 184 Å². The molecule has 414 valence electrons. The Bertz CT molecular complexity index is 3670. The van der Waals surface area contributed by atoms with E-state index in [1.165, 1.54) is 249 Å². The Morgan fingerprint density at radius 1 is 0.214 bits per heavy atom. The Kier molecular flexibility index (Phi) is 15.9. The van der Waals surface area contributed by atoms with Crippen molar-refractivity contribution in [3.05, 3.63) is 272 Å². The van der Waals surface area contributed by atoms with Crippen molar-refractivity contribution < 1.29 is 0 Å². The molecule has 14 rings (SSSR count). The number of allylic oxidation sites excluding steroid dienone is 4. The fourth-order valence-corrected chi connectivity index (χ4v) is 14.7. The molecule has 4 aliphatic carbocycles. The third-order valence-electron chi connectivity index (χ3n) is 19.1. The molecule has 0 heteroatoms. The summed E-state index contributed by atoms with van der Waals surface area (Å²) >= 11 is 0. The number of fused-ring (bicyclic) bond motifs is 4. The second-order valence-electron chi connectivity index (χ2n) is 24.8. The summed E-state index contributed by atoms with van der Waals surface area (Å²) in [6.45, 7) is 0. The zero-order valence-electron chi connectivity index (χ0n) is 49.1. The third-order valence-corrected chi connectivity index (χ3v) is 19.1. The van der Waals surface area contributed by atoms with Gasteiger partial charge in [-0.05, 0) is 236 Å². The van der Waals surface area contributed by atoms with Crippen LogP contribution in [0.25, 0.3) is 102 Å². The Hall–Kier alpha value is -8.32. The van der Waals surface area contributed by atoms with E-state index in [-0.39, 0.29) is 0 Å². The molecule has 0 heterocycles. The summed E-state index contributed by atoms with van der Waals surface area (Å²) in [7, 11) is 0. The molecule has 84 heavy (non-hydrogen) atoms. The molecule has 10 aromatic rings. The maximum absolute atomic E-state index is 2.52. The molecule has 0 aromatic heterocycles. The van der Waals surface area contributed by atoms with Crippen LogP contribution in [0.2, 0.25) is 0 Å². The SMILES string of the molecule is C(=C1CCCCC1)c1ccc(C(=Cc2c3ccccc3c(-c3c4ccccc4c(C=C(c4ccc(C=C5CCCCC5)cc4)c4ccc(C=C5CCCCC5)cc4)c4ccccc34)c3ccccc23)c2ccc(C=C3CCCCC3)cc2)cc1. The smallest absolute Gasteiger partial charge is 0.00139 e. The molecular weight excluding hydrogens is 1010 g/mol. The minimum absolute atomic E-state index is 1.22. The van der Waals surface area contributed by atoms with Crippen LogP contribution < -0.4 is 0 Å². The quantitative estimate of drug-likeness (QED) is 0.0894. The van der Waals surface area contributed by atoms with Crippen LogP contribution in [0.4, 0.5) is 0 Å². The molecule has 0 radical (unpaired) electrons. The van der Waals surface area contributed by atoms with Gasteiger partial charge < -0.3 is 0 Å². The molecule has 4 fully saturated rings. The molecule has 4 saturated carbocycles. The van der Waals surface area contributed by atoms with Crippen LogP contribution in [0.3, 0.4) is 0 Å². The highest BCUT2D eigenvalue weighted by Gasteiger charge is 2.22. The number of hydrogen-bond acceptors (Lipinski definition) is 0. The minimum atomic E-state index is 1.22. The van der Waals surface area contributed by atoms with Crippen molar-refractivity contribution in [3.8, 4) is 11.1 Å². The van der Waals surface area contributed by atoms with Crippen molar-refractivity contribution in [2.45, 2.75) is 128 Å². The van der Waals surface area contributed by atoms with E-state index in [9.17, 15) is 0 Å². The molecule has 0 spiro atoms. The second-order valence-corrected chi connectivity index (χ2v) is 24.8. The van der Waals surface area contributed by atoms with Crippen LogP contribution >= 0.6 is 0 Å². The van der Waals surface area contributed by atoms with Crippen molar-refractivity contribution in [1.29, 1.82) is 0 Å². The first kappa shape index (κ1) is 53.7. The van der Waals surface area contributed by atoms with E-state index in [0.29, 0.717) is 0 Å². The van der Waals surface area contributed by atoms with E-state index in [1.54, 1.807) is 22.3 Å². The van der Waals surface area contributed by atoms with Crippen molar-refractivity contribution in [2.24, 2.45) is 0 Å². The van der Waals surface area contributed by atoms with Crippen LogP contribution in [0.15, 0.2) is 216 Å². The van der Waals surface area contributed by atoms with Gasteiger partial charge in [0.2, 0.25) is 0 Å². The molecule has 0 atom stereocenters. The molecule has 0 unspecified atom stereocenters. The fraction of sp³-hybridized carbons (Fsp3) is 0.238. The zero-order chi connectivity index (χ0) is 56.0. The summed E-state index contributed by atoms with van der Waals surface area (Å²) in [5.74, 6) is 0. The lowest BCUT2D eigenvalue weighted by Crippen LogP contribution is -1.96. The Balaban J connectivity index is 0.942. The first-order valence-corrected chi connectivity index (χ1v) is 32.1. The van der Waals surface area contributed by atoms with Crippen LogP contribution in [-0.2, 0) is 0 Å². The summed E-state index contributed by atoms with van der Waals surface area (Å²) in [4.78, 5) is 0. The lowest BCUT2D eigenvalue weighted by Gasteiger charge is -2.21. The van der Waals surface area contributed by atoms with E-state index in [4.69, 9.17) is 0 Å². The maximum Gasteiger partial charge on any atom is -0.00139 e. The molecule has 4 aliphatic rings. The standard InChI is InChI=1S/C84H78/c1-5-21-59(22-6-1)53-63-37-45-67(46-38-63)79(68-47-39-64(40-48-68)54-60-23-7-2-8-24-60)57-81-71-29-13-17-33-75(71)83(76-34-18-14-30-72(76)81)84-77-35-19-15-31-73(77)82(74-32-16-20-36-78(74)84)58-80(69-49-41-65(42-50-69)55-61-25-9-3-10-26-61)70-51-43-66(44-52-70)56-62-27-11-4-12-28-62/h13-20,29-58H,1-12,21-28H2. The van der Waals surface area contributed by atoms with E-state index < -0.39 is 0 Å². The normalized spacial score (nSPS) is 15.8. The predicted molar refractivity (Wildman–Crippen MR) is 366 cm³/mol. The first-order chi connectivity index (χ1) is 41.6. The van der Waals surface area contributed by atoms with Crippen molar-refractivity contribution in [2.75, 3.05) is 0 Å². The summed E-state index contributed by atoms with van der Waals surface area (Å²) in [5.41, 5.74) is 24.1.